The summed E-state index contributed by atoms with van der Waals surface area (Å²) in [6, 6.07) is 5.26. The van der Waals surface area contributed by atoms with Crippen LogP contribution in [0.1, 0.15) is 37.6 Å². The highest BCUT2D eigenvalue weighted by Crippen LogP contribution is 2.29. The van der Waals surface area contributed by atoms with Gasteiger partial charge in [0, 0.05) is 10.9 Å². The molecule has 1 unspecified atom stereocenters. The number of ether oxygens (including phenoxy) is 1. The summed E-state index contributed by atoms with van der Waals surface area (Å²) in [5, 5.41) is 1.99. The van der Waals surface area contributed by atoms with Gasteiger partial charge in [-0.1, -0.05) is 15.9 Å². The fourth-order valence-corrected chi connectivity index (χ4v) is 3.02. The first-order valence-corrected chi connectivity index (χ1v) is 7.89. The summed E-state index contributed by atoms with van der Waals surface area (Å²) < 4.78 is 17.7. The Hall–Kier alpha value is -1.60. The van der Waals surface area contributed by atoms with E-state index >= 15 is 0 Å². The van der Waals surface area contributed by atoms with Crippen molar-refractivity contribution in [3.8, 4) is 0 Å². The summed E-state index contributed by atoms with van der Waals surface area (Å²) >= 11 is 4.44. The zero-order chi connectivity index (χ0) is 15.4. The quantitative estimate of drug-likeness (QED) is 0.455. The van der Waals surface area contributed by atoms with Crippen molar-refractivity contribution in [3.63, 3.8) is 0 Å². The second-order valence-corrected chi connectivity index (χ2v) is 5.83. The lowest BCUT2D eigenvalue weighted by Gasteiger charge is -2.05. The number of aromatic nitrogens is 1. The van der Waals surface area contributed by atoms with Crippen LogP contribution in [0.25, 0.3) is 0 Å². The van der Waals surface area contributed by atoms with Gasteiger partial charge in [-0.25, -0.2) is 14.2 Å². The molecule has 0 spiro atoms. The molecule has 0 aliphatic rings. The minimum atomic E-state index is -0.684. The van der Waals surface area contributed by atoms with Crippen molar-refractivity contribution in [3.05, 3.63) is 51.7 Å². The lowest BCUT2D eigenvalue weighted by molar-refractivity contribution is 0.0520. The van der Waals surface area contributed by atoms with Gasteiger partial charge < -0.3 is 4.74 Å². The van der Waals surface area contributed by atoms with Crippen LogP contribution >= 0.6 is 27.3 Å². The summed E-state index contributed by atoms with van der Waals surface area (Å²) in [7, 11) is 0. The number of ketones is 1. The molecule has 4 nitrogen and oxygen atoms in total. The van der Waals surface area contributed by atoms with Crippen LogP contribution in [-0.4, -0.2) is 23.3 Å². The molecule has 7 heteroatoms. The Morgan fingerprint density at radius 2 is 2.05 bits per heavy atom. The average Bonchev–Trinajstić information content (AvgIpc) is 2.96. The van der Waals surface area contributed by atoms with Gasteiger partial charge in [0.05, 0.1) is 6.61 Å². The minimum Gasteiger partial charge on any atom is -0.461 e. The number of thiazole rings is 1. The fourth-order valence-electron chi connectivity index (χ4n) is 1.58. The molecule has 2 rings (SSSR count). The molecule has 0 amide bonds. The zero-order valence-corrected chi connectivity index (χ0v) is 13.4. The molecule has 0 aliphatic heterocycles. The van der Waals surface area contributed by atoms with E-state index in [0.29, 0.717) is 10.6 Å². The fraction of sp³-hybridized carbons (Fsp3) is 0.214. The predicted octanol–water partition coefficient (Wildman–Crippen LogP) is 3.78. The molecule has 0 fully saturated rings. The Morgan fingerprint density at radius 3 is 2.67 bits per heavy atom. The molecule has 0 saturated carbocycles. The number of alkyl halides is 1. The van der Waals surface area contributed by atoms with Gasteiger partial charge in [-0.3, -0.25) is 4.79 Å². The number of benzene rings is 1. The molecule has 21 heavy (non-hydrogen) atoms. The van der Waals surface area contributed by atoms with Crippen LogP contribution in [0.5, 0.6) is 0 Å². The molecule has 0 saturated heterocycles. The summed E-state index contributed by atoms with van der Waals surface area (Å²) in [6.45, 7) is 1.97. The lowest BCUT2D eigenvalue weighted by atomic mass is 10.1. The molecule has 2 aromatic rings. The summed E-state index contributed by atoms with van der Waals surface area (Å²) in [5.41, 5.74) is 0.541. The van der Waals surface area contributed by atoms with Crippen molar-refractivity contribution in [2.75, 3.05) is 6.61 Å². The molecule has 1 aromatic heterocycles. The highest BCUT2D eigenvalue weighted by atomic mass is 79.9. The van der Waals surface area contributed by atoms with Gasteiger partial charge in [0.15, 0.2) is 11.5 Å². The van der Waals surface area contributed by atoms with Gasteiger partial charge >= 0.3 is 5.97 Å². The maximum absolute atomic E-state index is 12.9. The second kappa shape index (κ2) is 6.91. The highest BCUT2D eigenvalue weighted by molar-refractivity contribution is 9.09. The van der Waals surface area contributed by atoms with Gasteiger partial charge in [-0.05, 0) is 31.2 Å². The lowest BCUT2D eigenvalue weighted by Crippen LogP contribution is -2.09. The molecular weight excluding hydrogens is 361 g/mol. The molecule has 0 radical (unpaired) electrons. The Balaban J connectivity index is 2.16. The Labute approximate surface area is 133 Å². The molecule has 0 bridgehead atoms. The van der Waals surface area contributed by atoms with Crippen molar-refractivity contribution < 1.29 is 18.7 Å². The largest absolute Gasteiger partial charge is 0.461 e. The summed E-state index contributed by atoms with van der Waals surface area (Å²) in [6.07, 6.45) is 0. The van der Waals surface area contributed by atoms with Crippen LogP contribution in [0.4, 0.5) is 4.39 Å². The maximum atomic E-state index is 12.9. The van der Waals surface area contributed by atoms with E-state index in [0.717, 1.165) is 0 Å². The van der Waals surface area contributed by atoms with E-state index in [2.05, 4.69) is 20.9 Å². The van der Waals surface area contributed by atoms with Gasteiger partial charge in [-0.2, -0.15) is 0 Å². The van der Waals surface area contributed by atoms with Crippen molar-refractivity contribution in [2.24, 2.45) is 0 Å². The number of carbonyl (C=O) groups excluding carboxylic acids is 2. The van der Waals surface area contributed by atoms with Gasteiger partial charge in [0.1, 0.15) is 15.7 Å². The number of esters is 1. The van der Waals surface area contributed by atoms with E-state index in [1.165, 1.54) is 35.6 Å². The van der Waals surface area contributed by atoms with E-state index in [4.69, 9.17) is 4.74 Å². The summed E-state index contributed by atoms with van der Waals surface area (Å²) in [5.74, 6) is -1.18. The standard InChI is InChI=1S/C14H11BrFNO3S/c1-2-20-14(19)10-7-21-13(17-10)11(15)12(18)8-3-5-9(16)6-4-8/h3-7,11H,2H2,1H3. The van der Waals surface area contributed by atoms with Gasteiger partial charge in [0.2, 0.25) is 0 Å². The average molecular weight is 372 g/mol. The monoisotopic (exact) mass is 371 g/mol. The predicted molar refractivity (Wildman–Crippen MR) is 80.5 cm³/mol. The molecular formula is C14H11BrFNO3S. The minimum absolute atomic E-state index is 0.174. The number of hydrogen-bond acceptors (Lipinski definition) is 5. The van der Waals surface area contributed by atoms with Gasteiger partial charge in [-0.15, -0.1) is 11.3 Å². The molecule has 1 atom stereocenters. The Bertz CT molecular complexity index is 656. The van der Waals surface area contributed by atoms with Gasteiger partial charge in [0.25, 0.3) is 0 Å². The molecule has 0 N–H and O–H groups in total. The van der Waals surface area contributed by atoms with Crippen LogP contribution < -0.4 is 0 Å². The third kappa shape index (κ3) is 3.74. The first-order chi connectivity index (χ1) is 10.0. The number of carbonyl (C=O) groups is 2. The Kier molecular flexibility index (Phi) is 5.19. The van der Waals surface area contributed by atoms with Crippen molar-refractivity contribution >= 4 is 39.0 Å². The van der Waals surface area contributed by atoms with E-state index < -0.39 is 16.6 Å². The molecule has 110 valence electrons. The normalized spacial score (nSPS) is 12.0. The number of rotatable bonds is 5. The van der Waals surface area contributed by atoms with Crippen LogP contribution in [0.3, 0.4) is 0 Å². The summed E-state index contributed by atoms with van der Waals surface area (Å²) in [4.78, 5) is 27.2. The van der Waals surface area contributed by atoms with Crippen molar-refractivity contribution in [1.82, 2.24) is 4.98 Å². The van der Waals surface area contributed by atoms with E-state index in [1.54, 1.807) is 12.3 Å². The van der Waals surface area contributed by atoms with E-state index in [9.17, 15) is 14.0 Å². The highest BCUT2D eigenvalue weighted by Gasteiger charge is 2.23. The third-order valence-electron chi connectivity index (χ3n) is 2.58. The number of hydrogen-bond donors (Lipinski definition) is 0. The maximum Gasteiger partial charge on any atom is 0.357 e. The number of halogens is 2. The molecule has 1 aromatic carbocycles. The topological polar surface area (TPSA) is 56.3 Å². The zero-order valence-electron chi connectivity index (χ0n) is 11.0. The van der Waals surface area contributed by atoms with Crippen LogP contribution in [-0.2, 0) is 4.74 Å². The Morgan fingerprint density at radius 1 is 1.38 bits per heavy atom. The second-order valence-electron chi connectivity index (χ2n) is 4.03. The van der Waals surface area contributed by atoms with E-state index in [-0.39, 0.29) is 18.1 Å². The molecule has 0 aliphatic carbocycles. The molecule has 1 heterocycles. The van der Waals surface area contributed by atoms with Crippen molar-refractivity contribution in [1.29, 1.82) is 0 Å². The van der Waals surface area contributed by atoms with E-state index in [1.807, 2.05) is 0 Å². The first kappa shape index (κ1) is 15.8. The SMILES string of the molecule is CCOC(=O)c1csc(C(Br)C(=O)c2ccc(F)cc2)n1. The van der Waals surface area contributed by atoms with Crippen molar-refractivity contribution in [2.45, 2.75) is 11.8 Å². The number of Topliss-reactive ketones (excluding diaryl/α,β-unsaturated/α-hetero) is 1. The van der Waals surface area contributed by atoms with Crippen LogP contribution in [0, 0.1) is 5.82 Å². The smallest absolute Gasteiger partial charge is 0.357 e. The number of nitrogens with zero attached hydrogens (tertiary/aromatic N) is 1. The first-order valence-electron chi connectivity index (χ1n) is 6.09. The van der Waals surface area contributed by atoms with Crippen LogP contribution in [0.2, 0.25) is 0 Å². The van der Waals surface area contributed by atoms with Crippen LogP contribution in [0.15, 0.2) is 29.6 Å². The third-order valence-corrected chi connectivity index (χ3v) is 4.64.